The van der Waals surface area contributed by atoms with E-state index < -0.39 is 18.1 Å². The van der Waals surface area contributed by atoms with E-state index in [0.717, 1.165) is 71.4 Å². The number of benzene rings is 18. The molecule has 0 bridgehead atoms. The molecule has 671 valence electrons. The van der Waals surface area contributed by atoms with Gasteiger partial charge in [0.25, 0.3) is 0 Å². The summed E-state index contributed by atoms with van der Waals surface area (Å²) in [5.74, 6) is -0.125. The summed E-state index contributed by atoms with van der Waals surface area (Å²) in [6, 6.07) is 131. The van der Waals surface area contributed by atoms with Crippen LogP contribution in [-0.4, -0.2) is 96.6 Å². The van der Waals surface area contributed by atoms with E-state index in [-0.39, 0.29) is 143 Å². The quantitative estimate of drug-likeness (QED) is 0.0562. The van der Waals surface area contributed by atoms with Crippen LogP contribution in [0.1, 0.15) is 27.7 Å². The standard InChI is InChI=1S/C35H19NPS3.2C35H19NPSSe2.2C5H8O2.3Ir/c3*38-37-29-15-22-8-1-3-10-24(22)17-31(29)39-33-19-26(28-14-13-21-7-5-6-12-27(21)36-28)20-34(35(33)37)40-32-18-25-11-4-2-9-23(25)16-30(32)37;2*1-4(6)3-5(2)7;;;/h3*1-19H;2*3,6H,1-2H3;;;/q3*-1;;;;;. The number of aliphatic hydroxyl groups excluding tert-OH is 2. The van der Waals surface area contributed by atoms with Crippen LogP contribution >= 0.6 is 41.6 Å². The molecule has 3 radical (unpaired) electrons. The van der Waals surface area contributed by atoms with Crippen molar-refractivity contribution >= 4 is 329 Å². The van der Waals surface area contributed by atoms with E-state index in [1.165, 1.54) is 203 Å². The van der Waals surface area contributed by atoms with E-state index in [1.807, 2.05) is 29.6 Å². The number of fused-ring (bicyclic) bond motifs is 21. The van der Waals surface area contributed by atoms with Crippen LogP contribution in [0.25, 0.3) is 131 Å². The van der Waals surface area contributed by atoms with Gasteiger partial charge in [-0.25, -0.2) is 0 Å². The molecule has 9 heterocycles. The van der Waals surface area contributed by atoms with Gasteiger partial charge in [-0.3, -0.25) is 14.6 Å². The molecule has 137 heavy (non-hydrogen) atoms. The van der Waals surface area contributed by atoms with Crippen molar-refractivity contribution in [1.82, 2.24) is 15.0 Å². The van der Waals surface area contributed by atoms with Gasteiger partial charge in [-0.15, -0.1) is 41.2 Å². The number of nitrogens with zero attached hydrogens (tertiary/aromatic N) is 3. The van der Waals surface area contributed by atoms with E-state index in [0.29, 0.717) is 0 Å². The Hall–Kier alpha value is -9.15. The third-order valence-electron chi connectivity index (χ3n) is 24.6. The maximum absolute atomic E-state index is 10.0. The van der Waals surface area contributed by atoms with Gasteiger partial charge in [0.05, 0.1) is 17.0 Å². The number of aliphatic hydroxyl groups is 2. The molecule has 18 aromatic carbocycles. The minimum atomic E-state index is -2.33. The first-order valence-electron chi connectivity index (χ1n) is 43.4. The van der Waals surface area contributed by atoms with Crippen LogP contribution in [0.15, 0.2) is 389 Å². The first-order chi connectivity index (χ1) is 65.2. The van der Waals surface area contributed by atoms with E-state index in [2.05, 4.69) is 358 Å². The number of para-hydroxylation sites is 3. The molecule has 3 aromatic heterocycles. The second-order valence-electron chi connectivity index (χ2n) is 33.6. The Kier molecular flexibility index (Phi) is 27.2. The number of ketones is 2. The Morgan fingerprint density at radius 2 is 0.547 bits per heavy atom. The van der Waals surface area contributed by atoms with Gasteiger partial charge >= 0.3 is 503 Å². The van der Waals surface area contributed by atoms with Crippen LogP contribution in [0.2, 0.25) is 0 Å². The van der Waals surface area contributed by atoms with Crippen LogP contribution in [0, 0.1) is 18.2 Å². The molecule has 0 spiro atoms. The van der Waals surface area contributed by atoms with Crippen LogP contribution in [-0.2, 0) is 105 Å². The number of allylic oxidation sites excluding steroid dienone is 4. The average molecular weight is 2710 g/mol. The maximum Gasteiger partial charge on any atom is 0 e. The number of pyridine rings is 3. The molecule has 6 aliphatic rings. The molecule has 0 saturated heterocycles. The summed E-state index contributed by atoms with van der Waals surface area (Å²) < 4.78 is 11.2. The van der Waals surface area contributed by atoms with E-state index >= 15 is 0 Å². The summed E-state index contributed by atoms with van der Waals surface area (Å²) >= 11 is 25.2. The van der Waals surface area contributed by atoms with Crippen molar-refractivity contribution in [3.8, 4) is 33.8 Å². The number of carbonyl (C=O) groups is 2. The summed E-state index contributed by atoms with van der Waals surface area (Å²) in [6.07, 6.45) is 2.33. The Balaban J connectivity index is 0.000000117. The van der Waals surface area contributed by atoms with Crippen molar-refractivity contribution in [2.75, 3.05) is 0 Å². The Morgan fingerprint density at radius 1 is 0.285 bits per heavy atom. The number of aromatic nitrogens is 3. The smallest absolute Gasteiger partial charge is 0 e. The topological polar surface area (TPSA) is 113 Å². The van der Waals surface area contributed by atoms with Crippen LogP contribution in [0.5, 0.6) is 0 Å². The molecule has 0 fully saturated rings. The van der Waals surface area contributed by atoms with Crippen molar-refractivity contribution < 1.29 is 80.1 Å². The Labute approximate surface area is 882 Å². The molecule has 2 N–H and O–H groups in total. The summed E-state index contributed by atoms with van der Waals surface area (Å²) in [5, 5.41) is 47.9. The zero-order valence-electron chi connectivity index (χ0n) is 73.1. The predicted octanol–water partition coefficient (Wildman–Crippen LogP) is 18.2. The van der Waals surface area contributed by atoms with Crippen molar-refractivity contribution in [3.05, 3.63) is 388 Å². The van der Waals surface area contributed by atoms with Gasteiger partial charge in [-0.2, -0.15) is 0 Å². The molecular formula is C115H73Ir3N3O4P3S5Se4-3. The van der Waals surface area contributed by atoms with Crippen LogP contribution in [0.4, 0.5) is 0 Å². The van der Waals surface area contributed by atoms with Crippen molar-refractivity contribution in [2.45, 2.75) is 47.3 Å². The monoisotopic (exact) mass is 2710 g/mol. The fourth-order valence-corrected chi connectivity index (χ4v) is 57.0. The fraction of sp³-hybridized carbons (Fsp3) is 0.0348. The SMILES string of the molecule is CC(=O)C=C(C)O.CC(=O)C=C(C)O.S=P12c3cc4ccccc4cc3Sc3[c-]c(-c4ccc5ccccc5n4)cc(c31)Sc1cc3ccccc3cc12.S=P12c3cc4ccccc4cc3[Se]c3[c-]c(-c4ccc5ccccc5n4)cc(c31)[Se]c1cc3ccccc3cc12.S=P12c3cc4ccccc4cc3[Se]c3[c-]c(-c4ccc5ccccc5n4)cc(c31)[Se]c1cc3ccccc3cc12.[Ir].[Ir].[Ir]. The zero-order valence-corrected chi connectivity index (χ0v) is 93.9. The minimum absolute atomic E-state index is 0. The van der Waals surface area contributed by atoms with Gasteiger partial charge < -0.3 is 10.2 Å². The van der Waals surface area contributed by atoms with Gasteiger partial charge in [-0.05, 0) is 90.7 Å². The predicted molar refractivity (Wildman–Crippen MR) is 584 cm³/mol. The molecule has 22 heteroatoms. The zero-order chi connectivity index (χ0) is 91.0. The number of hydrogen-bond acceptors (Lipinski definition) is 12. The van der Waals surface area contributed by atoms with Gasteiger partial charge in [0.2, 0.25) is 0 Å². The molecule has 0 aliphatic carbocycles. The molecule has 0 saturated carbocycles. The average Bonchev–Trinajstić information content (AvgIpc) is 0.699. The van der Waals surface area contributed by atoms with Crippen molar-refractivity contribution in [2.24, 2.45) is 0 Å². The Bertz CT molecular complexity index is 7830. The summed E-state index contributed by atoms with van der Waals surface area (Å²) in [7, 11) is 0. The first-order valence-corrected chi connectivity index (χ1v) is 60.3. The summed E-state index contributed by atoms with van der Waals surface area (Å²) in [6.45, 7) is 5.70. The van der Waals surface area contributed by atoms with E-state index in [1.54, 1.807) is 0 Å². The van der Waals surface area contributed by atoms with Gasteiger partial charge in [0, 0.05) is 98.9 Å². The third kappa shape index (κ3) is 17.6. The van der Waals surface area contributed by atoms with Gasteiger partial charge in [0.1, 0.15) is 0 Å². The first kappa shape index (κ1) is 95.4. The third-order valence-corrected chi connectivity index (χ3v) is 53.9. The van der Waals surface area contributed by atoms with Crippen molar-refractivity contribution in [3.63, 3.8) is 0 Å². The Morgan fingerprint density at radius 3 is 0.854 bits per heavy atom. The summed E-state index contributed by atoms with van der Waals surface area (Å²) in [5.41, 5.74) is 9.19. The van der Waals surface area contributed by atoms with E-state index in [9.17, 15) is 9.59 Å². The summed E-state index contributed by atoms with van der Waals surface area (Å²) in [4.78, 5) is 40.1. The molecule has 0 amide bonds. The maximum atomic E-state index is 10.0. The van der Waals surface area contributed by atoms with E-state index in [4.69, 9.17) is 60.6 Å². The van der Waals surface area contributed by atoms with Crippen LogP contribution < -0.4 is 83.4 Å². The minimum Gasteiger partial charge on any atom is 0 e. The van der Waals surface area contributed by atoms with Gasteiger partial charge in [0.15, 0.2) is 11.6 Å². The normalized spacial score (nSPS) is 16.1. The van der Waals surface area contributed by atoms with Crippen LogP contribution in [0.3, 0.4) is 0 Å². The largest absolute Gasteiger partial charge is 0 e. The molecule has 7 nitrogen and oxygen atoms in total. The number of hydrogen-bond donors (Lipinski definition) is 2. The molecule has 6 aliphatic heterocycles. The molecule has 3 unspecified atom stereocenters. The number of carbonyl (C=O) groups excluding carboxylic acids is 2. The molecule has 21 aromatic rings. The van der Waals surface area contributed by atoms with Crippen molar-refractivity contribution in [1.29, 1.82) is 0 Å². The second-order valence-corrected chi connectivity index (χ2v) is 57.5. The number of rotatable bonds is 5. The fourth-order valence-electron chi connectivity index (χ4n) is 18.6. The van der Waals surface area contributed by atoms with Gasteiger partial charge in [-0.1, -0.05) is 106 Å². The molecular weight excluding hydrogens is 2630 g/mol. The molecule has 27 rings (SSSR count). The molecule has 3 atom stereocenters. The second kappa shape index (κ2) is 39.0.